The van der Waals surface area contributed by atoms with Crippen LogP contribution in [0.4, 0.5) is 0 Å². The quantitative estimate of drug-likeness (QED) is 0.824. The fraction of sp³-hybridized carbons (Fsp3) is 0.385. The molecule has 0 aliphatic carbocycles. The minimum atomic E-state index is -3.94. The van der Waals surface area contributed by atoms with Gasteiger partial charge in [0, 0.05) is 26.2 Å². The lowest BCUT2D eigenvalue weighted by molar-refractivity contribution is -0.137. The van der Waals surface area contributed by atoms with Crippen molar-refractivity contribution in [1.82, 2.24) is 9.21 Å². The summed E-state index contributed by atoms with van der Waals surface area (Å²) >= 11 is 0. The van der Waals surface area contributed by atoms with Gasteiger partial charge in [0.1, 0.15) is 6.54 Å². The van der Waals surface area contributed by atoms with Crippen LogP contribution < -0.4 is 0 Å². The number of carbonyl (C=O) groups excluding carboxylic acids is 1. The third-order valence-corrected chi connectivity index (χ3v) is 4.77. The van der Waals surface area contributed by atoms with E-state index in [9.17, 15) is 18.0 Å². The van der Waals surface area contributed by atoms with Crippen LogP contribution in [0.25, 0.3) is 0 Å². The van der Waals surface area contributed by atoms with Crippen LogP contribution in [0, 0.1) is 0 Å². The maximum absolute atomic E-state index is 12.2. The second-order valence-corrected chi connectivity index (χ2v) is 6.55. The van der Waals surface area contributed by atoms with Gasteiger partial charge in [0.2, 0.25) is 10.0 Å². The summed E-state index contributed by atoms with van der Waals surface area (Å²) in [5.74, 6) is -1.55. The lowest BCUT2D eigenvalue weighted by Gasteiger charge is -2.17. The zero-order chi connectivity index (χ0) is 16.2. The topological polar surface area (TPSA) is 95.0 Å². The van der Waals surface area contributed by atoms with E-state index in [2.05, 4.69) is 0 Å². The highest BCUT2D eigenvalue weighted by Gasteiger charge is 2.24. The number of sulfonamides is 1. The molecule has 1 N–H and O–H groups in total. The number of carbonyl (C=O) groups is 2. The van der Waals surface area contributed by atoms with Gasteiger partial charge in [0.15, 0.2) is 0 Å². The Morgan fingerprint density at radius 1 is 1.24 bits per heavy atom. The smallest absolute Gasteiger partial charge is 0.318 e. The predicted molar refractivity (Wildman–Crippen MR) is 76.5 cm³/mol. The molecule has 0 spiro atoms. The minimum absolute atomic E-state index is 0.110. The van der Waals surface area contributed by atoms with Crippen molar-refractivity contribution in [1.29, 1.82) is 0 Å². The highest BCUT2D eigenvalue weighted by molar-refractivity contribution is 7.89. The minimum Gasteiger partial charge on any atom is -0.480 e. The lowest BCUT2D eigenvalue weighted by Crippen LogP contribution is -2.32. The number of hydrogen-bond acceptors (Lipinski definition) is 4. The van der Waals surface area contributed by atoms with Gasteiger partial charge in [-0.1, -0.05) is 6.07 Å². The molecule has 0 aromatic heterocycles. The van der Waals surface area contributed by atoms with Crippen LogP contribution in [0.3, 0.4) is 0 Å². The van der Waals surface area contributed by atoms with Crippen molar-refractivity contribution in [3.63, 3.8) is 0 Å². The summed E-state index contributed by atoms with van der Waals surface area (Å²) in [6.45, 7) is 1.66. The number of aliphatic carboxylic acids is 1. The van der Waals surface area contributed by atoms with Crippen LogP contribution in [0.5, 0.6) is 0 Å². The Kier molecular flexibility index (Phi) is 5.45. The monoisotopic (exact) mass is 314 g/mol. The molecule has 116 valence electrons. The highest BCUT2D eigenvalue weighted by atomic mass is 32.2. The van der Waals surface area contributed by atoms with Gasteiger partial charge in [-0.05, 0) is 25.1 Å². The number of nitrogens with zero attached hydrogens (tertiary/aromatic N) is 2. The van der Waals surface area contributed by atoms with Gasteiger partial charge in [-0.25, -0.2) is 8.42 Å². The third-order valence-electron chi connectivity index (χ3n) is 2.97. The Balaban J connectivity index is 3.15. The highest BCUT2D eigenvalue weighted by Crippen LogP contribution is 2.16. The number of carboxylic acids is 1. The van der Waals surface area contributed by atoms with E-state index in [0.29, 0.717) is 6.54 Å². The number of benzene rings is 1. The first-order chi connectivity index (χ1) is 9.70. The van der Waals surface area contributed by atoms with Crippen LogP contribution in [0.1, 0.15) is 17.3 Å². The van der Waals surface area contributed by atoms with Crippen molar-refractivity contribution in [2.75, 3.05) is 27.2 Å². The second-order valence-electron chi connectivity index (χ2n) is 4.50. The van der Waals surface area contributed by atoms with E-state index in [1.807, 2.05) is 0 Å². The lowest BCUT2D eigenvalue weighted by atomic mass is 10.2. The number of likely N-dealkylation sites (N-methyl/N-ethyl adjacent to an activating group) is 1. The summed E-state index contributed by atoms with van der Waals surface area (Å²) in [4.78, 5) is 24.0. The van der Waals surface area contributed by atoms with Crippen molar-refractivity contribution in [3.05, 3.63) is 29.8 Å². The van der Waals surface area contributed by atoms with Gasteiger partial charge in [-0.2, -0.15) is 4.31 Å². The molecule has 0 atom stereocenters. The molecule has 0 unspecified atom stereocenters. The molecule has 8 heteroatoms. The molecular formula is C13H18N2O5S. The summed E-state index contributed by atoms with van der Waals surface area (Å²) in [5, 5.41) is 8.67. The standard InChI is InChI=1S/C13H18N2O5S/c1-4-14(2)13(18)10-6-5-7-11(8-10)21(19,20)15(3)9-12(16)17/h5-8H,4,9H2,1-3H3,(H,16,17). The zero-order valence-electron chi connectivity index (χ0n) is 12.1. The summed E-state index contributed by atoms with van der Waals surface area (Å²) in [5.41, 5.74) is 0.240. The van der Waals surface area contributed by atoms with Crippen molar-refractivity contribution in [3.8, 4) is 0 Å². The summed E-state index contributed by atoms with van der Waals surface area (Å²) in [6.07, 6.45) is 0. The van der Waals surface area contributed by atoms with Crippen LogP contribution in [0.15, 0.2) is 29.2 Å². The third kappa shape index (κ3) is 4.02. The molecule has 21 heavy (non-hydrogen) atoms. The Bertz CT molecular complexity index is 642. The van der Waals surface area contributed by atoms with E-state index in [1.54, 1.807) is 14.0 Å². The Hall–Kier alpha value is -1.93. The number of carboxylic acid groups (broad SMARTS) is 1. The molecular weight excluding hydrogens is 296 g/mol. The van der Waals surface area contributed by atoms with Gasteiger partial charge in [-0.3, -0.25) is 9.59 Å². The van der Waals surface area contributed by atoms with E-state index < -0.39 is 22.5 Å². The van der Waals surface area contributed by atoms with Crippen molar-refractivity contribution in [2.45, 2.75) is 11.8 Å². The van der Waals surface area contributed by atoms with Crippen LogP contribution >= 0.6 is 0 Å². The molecule has 0 heterocycles. The van der Waals surface area contributed by atoms with Gasteiger partial charge >= 0.3 is 5.97 Å². The molecule has 1 amide bonds. The molecule has 1 aromatic carbocycles. The molecule has 0 radical (unpaired) electrons. The predicted octanol–water partition coefficient (Wildman–Crippen LogP) is 0.484. The van der Waals surface area contributed by atoms with E-state index >= 15 is 0 Å². The van der Waals surface area contributed by atoms with Crippen molar-refractivity contribution >= 4 is 21.9 Å². The SMILES string of the molecule is CCN(C)C(=O)c1cccc(S(=O)(=O)N(C)CC(=O)O)c1. The Morgan fingerprint density at radius 3 is 2.38 bits per heavy atom. The van der Waals surface area contributed by atoms with Gasteiger partial charge in [-0.15, -0.1) is 0 Å². The molecule has 0 bridgehead atoms. The van der Waals surface area contributed by atoms with E-state index in [4.69, 9.17) is 5.11 Å². The molecule has 0 aliphatic heterocycles. The zero-order valence-corrected chi connectivity index (χ0v) is 12.9. The number of rotatable bonds is 6. The van der Waals surface area contributed by atoms with E-state index in [-0.39, 0.29) is 16.4 Å². The van der Waals surface area contributed by atoms with Gasteiger partial charge < -0.3 is 10.0 Å². The second kappa shape index (κ2) is 6.68. The number of hydrogen-bond donors (Lipinski definition) is 1. The summed E-state index contributed by atoms with van der Waals surface area (Å²) < 4.78 is 25.2. The molecule has 0 saturated heterocycles. The molecule has 0 aliphatic rings. The number of amides is 1. The maximum atomic E-state index is 12.2. The van der Waals surface area contributed by atoms with Gasteiger partial charge in [0.05, 0.1) is 4.90 Å². The van der Waals surface area contributed by atoms with E-state index in [1.165, 1.54) is 36.2 Å². The molecule has 0 saturated carbocycles. The van der Waals surface area contributed by atoms with Crippen molar-refractivity contribution in [2.24, 2.45) is 0 Å². The summed E-state index contributed by atoms with van der Waals surface area (Å²) in [6, 6.07) is 5.56. The first kappa shape index (κ1) is 17.1. The van der Waals surface area contributed by atoms with Crippen molar-refractivity contribution < 1.29 is 23.1 Å². The largest absolute Gasteiger partial charge is 0.480 e. The average molecular weight is 314 g/mol. The fourth-order valence-corrected chi connectivity index (χ4v) is 2.78. The summed E-state index contributed by atoms with van der Waals surface area (Å²) in [7, 11) is -1.15. The Labute approximate surface area is 123 Å². The normalized spacial score (nSPS) is 11.4. The first-order valence-electron chi connectivity index (χ1n) is 6.23. The van der Waals surface area contributed by atoms with Crippen LogP contribution in [-0.4, -0.2) is 61.8 Å². The Morgan fingerprint density at radius 2 is 1.86 bits per heavy atom. The van der Waals surface area contributed by atoms with Gasteiger partial charge in [0.25, 0.3) is 5.91 Å². The molecule has 7 nitrogen and oxygen atoms in total. The molecule has 0 fully saturated rings. The van der Waals surface area contributed by atoms with Crippen LogP contribution in [0.2, 0.25) is 0 Å². The fourth-order valence-electron chi connectivity index (χ4n) is 1.61. The van der Waals surface area contributed by atoms with Crippen LogP contribution in [-0.2, 0) is 14.8 Å². The molecule has 1 aromatic rings. The van der Waals surface area contributed by atoms with E-state index in [0.717, 1.165) is 4.31 Å². The average Bonchev–Trinajstić information content (AvgIpc) is 2.45. The maximum Gasteiger partial charge on any atom is 0.318 e. The molecule has 1 rings (SSSR count). The first-order valence-corrected chi connectivity index (χ1v) is 7.67.